The fourth-order valence-corrected chi connectivity index (χ4v) is 2.66. The fourth-order valence-electron chi connectivity index (χ4n) is 2.66. The van der Waals surface area contributed by atoms with E-state index in [1.165, 1.54) is 6.07 Å². The van der Waals surface area contributed by atoms with Crippen LogP contribution >= 0.6 is 0 Å². The lowest BCUT2D eigenvalue weighted by Gasteiger charge is -2.17. The largest absolute Gasteiger partial charge is 0.481 e. The summed E-state index contributed by atoms with van der Waals surface area (Å²) in [7, 11) is 0. The van der Waals surface area contributed by atoms with E-state index >= 15 is 0 Å². The van der Waals surface area contributed by atoms with Gasteiger partial charge < -0.3 is 5.11 Å². The summed E-state index contributed by atoms with van der Waals surface area (Å²) in [6.45, 7) is 2.76. The molecule has 1 aromatic carbocycles. The van der Waals surface area contributed by atoms with Crippen molar-refractivity contribution in [1.29, 1.82) is 0 Å². The molecule has 1 heterocycles. The standard InChI is InChI=1S/C14H15F4NO2/c1-8-5-19(7-10(8)13(20)21)6-9-2-3-12(15)11(4-9)14(16,17)18/h2-4,8,10H,5-7H2,1H3,(H,20,21). The van der Waals surface area contributed by atoms with Crippen LogP contribution in [-0.2, 0) is 17.5 Å². The van der Waals surface area contributed by atoms with E-state index in [1.54, 1.807) is 11.8 Å². The third-order valence-electron chi connectivity index (χ3n) is 3.75. The van der Waals surface area contributed by atoms with E-state index in [0.717, 1.165) is 12.1 Å². The Kier molecular flexibility index (Phi) is 4.22. The molecule has 7 heteroatoms. The van der Waals surface area contributed by atoms with Gasteiger partial charge in [0.2, 0.25) is 0 Å². The number of carboxylic acid groups (broad SMARTS) is 1. The number of likely N-dealkylation sites (tertiary alicyclic amines) is 1. The number of hydrogen-bond acceptors (Lipinski definition) is 2. The average Bonchev–Trinajstić information content (AvgIpc) is 2.71. The summed E-state index contributed by atoms with van der Waals surface area (Å²) in [5.74, 6) is -2.79. The van der Waals surface area contributed by atoms with E-state index in [9.17, 15) is 22.4 Å². The summed E-state index contributed by atoms with van der Waals surface area (Å²) in [4.78, 5) is 12.8. The van der Waals surface area contributed by atoms with Crippen LogP contribution in [0.1, 0.15) is 18.1 Å². The van der Waals surface area contributed by atoms with Crippen LogP contribution in [0.4, 0.5) is 17.6 Å². The molecule has 1 saturated heterocycles. The van der Waals surface area contributed by atoms with Crippen molar-refractivity contribution in [3.05, 3.63) is 35.1 Å². The van der Waals surface area contributed by atoms with Gasteiger partial charge in [0.15, 0.2) is 0 Å². The van der Waals surface area contributed by atoms with Crippen LogP contribution < -0.4 is 0 Å². The molecule has 3 nitrogen and oxygen atoms in total. The Bertz CT molecular complexity index is 544. The van der Waals surface area contributed by atoms with Gasteiger partial charge in [0.25, 0.3) is 0 Å². The molecule has 0 radical (unpaired) electrons. The first-order valence-corrected chi connectivity index (χ1v) is 6.49. The summed E-state index contributed by atoms with van der Waals surface area (Å²) in [6.07, 6.45) is -4.73. The maximum Gasteiger partial charge on any atom is 0.419 e. The van der Waals surface area contributed by atoms with E-state index in [2.05, 4.69) is 0 Å². The number of hydrogen-bond donors (Lipinski definition) is 1. The highest BCUT2D eigenvalue weighted by Crippen LogP contribution is 2.32. The molecule has 1 N–H and O–H groups in total. The number of aliphatic carboxylic acids is 1. The van der Waals surface area contributed by atoms with Gasteiger partial charge in [0.05, 0.1) is 11.5 Å². The lowest BCUT2D eigenvalue weighted by Crippen LogP contribution is -2.23. The minimum Gasteiger partial charge on any atom is -0.481 e. The Hall–Kier alpha value is -1.63. The van der Waals surface area contributed by atoms with Gasteiger partial charge >= 0.3 is 12.1 Å². The predicted octanol–water partition coefficient (Wildman–Crippen LogP) is 3.00. The summed E-state index contributed by atoms with van der Waals surface area (Å²) >= 11 is 0. The van der Waals surface area contributed by atoms with Crippen molar-refractivity contribution in [2.24, 2.45) is 11.8 Å². The van der Waals surface area contributed by atoms with E-state index in [1.807, 2.05) is 0 Å². The molecule has 0 bridgehead atoms. The molecule has 116 valence electrons. The summed E-state index contributed by atoms with van der Waals surface area (Å²) in [5.41, 5.74) is -0.969. The number of nitrogens with zero attached hydrogens (tertiary/aromatic N) is 1. The molecule has 1 aliphatic rings. The fraction of sp³-hybridized carbons (Fsp3) is 0.500. The van der Waals surface area contributed by atoms with Crippen molar-refractivity contribution in [1.82, 2.24) is 4.90 Å². The number of benzene rings is 1. The average molecular weight is 305 g/mol. The molecule has 0 amide bonds. The van der Waals surface area contributed by atoms with Crippen molar-refractivity contribution >= 4 is 5.97 Å². The lowest BCUT2D eigenvalue weighted by atomic mass is 9.99. The Morgan fingerprint density at radius 2 is 2.05 bits per heavy atom. The zero-order valence-corrected chi connectivity index (χ0v) is 11.3. The van der Waals surface area contributed by atoms with E-state index in [-0.39, 0.29) is 19.0 Å². The van der Waals surface area contributed by atoms with Crippen LogP contribution in [0.2, 0.25) is 0 Å². The molecule has 1 aliphatic heterocycles. The van der Waals surface area contributed by atoms with E-state index < -0.39 is 29.4 Å². The van der Waals surface area contributed by atoms with Crippen molar-refractivity contribution < 1.29 is 27.5 Å². The molecule has 1 fully saturated rings. The van der Waals surface area contributed by atoms with Crippen LogP contribution in [-0.4, -0.2) is 29.1 Å². The van der Waals surface area contributed by atoms with Crippen LogP contribution in [0.15, 0.2) is 18.2 Å². The lowest BCUT2D eigenvalue weighted by molar-refractivity contribution is -0.142. The summed E-state index contributed by atoms with van der Waals surface area (Å²) in [6, 6.07) is 2.88. The zero-order chi connectivity index (χ0) is 15.8. The van der Waals surface area contributed by atoms with Gasteiger partial charge in [0.1, 0.15) is 5.82 Å². The van der Waals surface area contributed by atoms with Gasteiger partial charge in [-0.15, -0.1) is 0 Å². The molecule has 2 rings (SSSR count). The smallest absolute Gasteiger partial charge is 0.419 e. The monoisotopic (exact) mass is 305 g/mol. The first kappa shape index (κ1) is 15.8. The Labute approximate surface area is 119 Å². The van der Waals surface area contributed by atoms with E-state index in [4.69, 9.17) is 5.11 Å². The van der Waals surface area contributed by atoms with Crippen molar-refractivity contribution in [3.8, 4) is 0 Å². The minimum atomic E-state index is -4.73. The molecule has 0 saturated carbocycles. The van der Waals surface area contributed by atoms with Crippen molar-refractivity contribution in [2.75, 3.05) is 13.1 Å². The number of carbonyl (C=O) groups is 1. The summed E-state index contributed by atoms with van der Waals surface area (Å²) in [5, 5.41) is 9.03. The highest BCUT2D eigenvalue weighted by Gasteiger charge is 2.36. The normalized spacial score (nSPS) is 23.5. The van der Waals surface area contributed by atoms with Gasteiger partial charge in [-0.2, -0.15) is 13.2 Å². The molecular weight excluding hydrogens is 290 g/mol. The summed E-state index contributed by atoms with van der Waals surface area (Å²) < 4.78 is 51.1. The van der Waals surface area contributed by atoms with Crippen molar-refractivity contribution in [2.45, 2.75) is 19.6 Å². The highest BCUT2D eigenvalue weighted by atomic mass is 19.4. The van der Waals surface area contributed by atoms with Gasteiger partial charge in [-0.25, -0.2) is 4.39 Å². The molecule has 1 aromatic rings. The number of halogens is 4. The van der Waals surface area contributed by atoms with Crippen LogP contribution in [0, 0.1) is 17.7 Å². The maximum atomic E-state index is 13.2. The number of alkyl halides is 3. The topological polar surface area (TPSA) is 40.5 Å². The molecule has 0 aliphatic carbocycles. The SMILES string of the molecule is CC1CN(Cc2ccc(F)c(C(F)(F)F)c2)CC1C(=O)O. The molecule has 21 heavy (non-hydrogen) atoms. The third kappa shape index (κ3) is 3.53. The molecule has 2 unspecified atom stereocenters. The zero-order valence-electron chi connectivity index (χ0n) is 11.3. The van der Waals surface area contributed by atoms with Crippen LogP contribution in [0.3, 0.4) is 0 Å². The second-order valence-electron chi connectivity index (χ2n) is 5.43. The van der Waals surface area contributed by atoms with Crippen molar-refractivity contribution in [3.63, 3.8) is 0 Å². The van der Waals surface area contributed by atoms with Crippen LogP contribution in [0.25, 0.3) is 0 Å². The number of rotatable bonds is 3. The Morgan fingerprint density at radius 1 is 1.38 bits per heavy atom. The molecule has 2 atom stereocenters. The maximum absolute atomic E-state index is 13.2. The Balaban J connectivity index is 2.13. The first-order chi connectivity index (χ1) is 9.68. The minimum absolute atomic E-state index is 0.0648. The highest BCUT2D eigenvalue weighted by molar-refractivity contribution is 5.71. The van der Waals surface area contributed by atoms with E-state index in [0.29, 0.717) is 12.1 Å². The molecule has 0 spiro atoms. The van der Waals surface area contributed by atoms with Gasteiger partial charge in [-0.1, -0.05) is 13.0 Å². The van der Waals surface area contributed by atoms with Gasteiger partial charge in [-0.05, 0) is 23.6 Å². The van der Waals surface area contributed by atoms with Gasteiger partial charge in [0, 0.05) is 19.6 Å². The second-order valence-corrected chi connectivity index (χ2v) is 5.43. The Morgan fingerprint density at radius 3 is 2.57 bits per heavy atom. The second kappa shape index (κ2) is 5.63. The third-order valence-corrected chi connectivity index (χ3v) is 3.75. The molecule has 0 aromatic heterocycles. The quantitative estimate of drug-likeness (QED) is 0.873. The van der Waals surface area contributed by atoms with Crippen LogP contribution in [0.5, 0.6) is 0 Å². The predicted molar refractivity (Wildman–Crippen MR) is 67.0 cm³/mol. The number of carboxylic acids is 1. The molecular formula is C14H15F4NO2. The van der Waals surface area contributed by atoms with Gasteiger partial charge in [-0.3, -0.25) is 9.69 Å². The first-order valence-electron chi connectivity index (χ1n) is 6.49.